The first-order valence-electron chi connectivity index (χ1n) is 8.26. The van der Waals surface area contributed by atoms with Crippen LogP contribution in [0.4, 0.5) is 0 Å². The summed E-state index contributed by atoms with van der Waals surface area (Å²) < 4.78 is 11.7. The van der Waals surface area contributed by atoms with Crippen LogP contribution < -0.4 is 5.32 Å². The molecule has 0 aromatic rings. The quantitative estimate of drug-likeness (QED) is 0.732. The zero-order valence-corrected chi connectivity index (χ0v) is 14.0. The molecule has 0 radical (unpaired) electrons. The Morgan fingerprint density at radius 1 is 1.40 bits per heavy atom. The van der Waals surface area contributed by atoms with Crippen LogP contribution in [0.15, 0.2) is 0 Å². The van der Waals surface area contributed by atoms with E-state index in [-0.39, 0.29) is 5.60 Å². The van der Waals surface area contributed by atoms with E-state index in [1.807, 2.05) is 0 Å². The van der Waals surface area contributed by atoms with Crippen molar-refractivity contribution in [2.45, 2.75) is 57.1 Å². The van der Waals surface area contributed by atoms with Crippen LogP contribution in [0.3, 0.4) is 0 Å². The highest BCUT2D eigenvalue weighted by molar-refractivity contribution is 7.99. The topological polar surface area (TPSA) is 30.5 Å². The summed E-state index contributed by atoms with van der Waals surface area (Å²) in [4.78, 5) is 0. The molecule has 0 saturated carbocycles. The van der Waals surface area contributed by atoms with Gasteiger partial charge in [-0.05, 0) is 69.9 Å². The monoisotopic (exact) mass is 301 g/mol. The SMILES string of the molecule is CCOCCCC(NC)C1CCOC2(CCSCC2)C1. The van der Waals surface area contributed by atoms with Crippen molar-refractivity contribution in [2.75, 3.05) is 38.4 Å². The minimum absolute atomic E-state index is 0.211. The van der Waals surface area contributed by atoms with Gasteiger partial charge >= 0.3 is 0 Å². The molecule has 2 saturated heterocycles. The standard InChI is InChI=1S/C16H31NO2S/c1-3-18-9-4-5-15(17-2)14-6-10-19-16(13-14)7-11-20-12-8-16/h14-15,17H,3-13H2,1-2H3. The Morgan fingerprint density at radius 3 is 2.90 bits per heavy atom. The third-order valence-corrected chi connectivity index (χ3v) is 5.87. The van der Waals surface area contributed by atoms with Crippen molar-refractivity contribution in [1.29, 1.82) is 0 Å². The molecule has 0 aliphatic carbocycles. The first-order valence-corrected chi connectivity index (χ1v) is 9.42. The van der Waals surface area contributed by atoms with Gasteiger partial charge in [0.25, 0.3) is 0 Å². The Balaban J connectivity index is 1.82. The van der Waals surface area contributed by atoms with E-state index in [9.17, 15) is 0 Å². The average molecular weight is 301 g/mol. The van der Waals surface area contributed by atoms with Crippen molar-refractivity contribution in [3.8, 4) is 0 Å². The zero-order chi connectivity index (χ0) is 14.3. The van der Waals surface area contributed by atoms with Gasteiger partial charge in [0.1, 0.15) is 0 Å². The molecule has 2 heterocycles. The lowest BCUT2D eigenvalue weighted by Crippen LogP contribution is -2.48. The molecule has 2 fully saturated rings. The van der Waals surface area contributed by atoms with Crippen LogP contribution in [-0.4, -0.2) is 50.0 Å². The van der Waals surface area contributed by atoms with Gasteiger partial charge in [-0.3, -0.25) is 0 Å². The maximum Gasteiger partial charge on any atom is 0.0701 e. The molecule has 2 aliphatic heterocycles. The predicted molar refractivity (Wildman–Crippen MR) is 86.5 cm³/mol. The normalized spacial score (nSPS) is 27.6. The molecule has 2 unspecified atom stereocenters. The second-order valence-corrected chi connectivity index (χ2v) is 7.36. The van der Waals surface area contributed by atoms with E-state index in [0.29, 0.717) is 6.04 Å². The largest absolute Gasteiger partial charge is 0.382 e. The van der Waals surface area contributed by atoms with Gasteiger partial charge in [-0.1, -0.05) is 0 Å². The molecule has 0 bridgehead atoms. The third-order valence-electron chi connectivity index (χ3n) is 4.88. The maximum absolute atomic E-state index is 6.21. The number of thioether (sulfide) groups is 1. The molecule has 2 aliphatic rings. The Bertz CT molecular complexity index is 264. The van der Waals surface area contributed by atoms with E-state index in [1.165, 1.54) is 50.0 Å². The van der Waals surface area contributed by atoms with Crippen molar-refractivity contribution in [3.05, 3.63) is 0 Å². The van der Waals surface area contributed by atoms with Gasteiger partial charge in [0, 0.05) is 25.9 Å². The van der Waals surface area contributed by atoms with Crippen LogP contribution in [0.25, 0.3) is 0 Å². The van der Waals surface area contributed by atoms with E-state index in [2.05, 4.69) is 31.1 Å². The summed E-state index contributed by atoms with van der Waals surface area (Å²) in [7, 11) is 2.12. The third kappa shape index (κ3) is 4.62. The molecule has 1 spiro atoms. The Hall–Kier alpha value is 0.230. The van der Waals surface area contributed by atoms with Crippen LogP contribution >= 0.6 is 11.8 Å². The molecule has 2 rings (SSSR count). The van der Waals surface area contributed by atoms with Gasteiger partial charge in [0.2, 0.25) is 0 Å². The minimum Gasteiger partial charge on any atom is -0.382 e. The van der Waals surface area contributed by atoms with Crippen molar-refractivity contribution >= 4 is 11.8 Å². The molecule has 118 valence electrons. The molecule has 0 aromatic carbocycles. The van der Waals surface area contributed by atoms with Crippen LogP contribution in [0.5, 0.6) is 0 Å². The second kappa shape index (κ2) is 8.62. The van der Waals surface area contributed by atoms with Crippen molar-refractivity contribution < 1.29 is 9.47 Å². The summed E-state index contributed by atoms with van der Waals surface area (Å²) in [6, 6.07) is 0.630. The van der Waals surface area contributed by atoms with Crippen LogP contribution in [0, 0.1) is 5.92 Å². The van der Waals surface area contributed by atoms with Crippen molar-refractivity contribution in [3.63, 3.8) is 0 Å². The fourth-order valence-corrected chi connectivity index (χ4v) is 4.90. The first-order chi connectivity index (χ1) is 9.79. The molecule has 20 heavy (non-hydrogen) atoms. The highest BCUT2D eigenvalue weighted by Gasteiger charge is 2.40. The van der Waals surface area contributed by atoms with Gasteiger partial charge in [0.15, 0.2) is 0 Å². The molecular formula is C16H31NO2S. The number of nitrogens with one attached hydrogen (secondary N) is 1. The Morgan fingerprint density at radius 2 is 2.20 bits per heavy atom. The van der Waals surface area contributed by atoms with Crippen LogP contribution in [-0.2, 0) is 9.47 Å². The number of hydrogen-bond acceptors (Lipinski definition) is 4. The highest BCUT2D eigenvalue weighted by Crippen LogP contribution is 2.41. The summed E-state index contributed by atoms with van der Waals surface area (Å²) in [6.07, 6.45) is 7.38. The summed E-state index contributed by atoms with van der Waals surface area (Å²) in [6.45, 7) is 4.76. The van der Waals surface area contributed by atoms with Gasteiger partial charge in [0.05, 0.1) is 5.60 Å². The Kier molecular flexibility index (Phi) is 7.15. The average Bonchev–Trinajstić information content (AvgIpc) is 2.48. The molecular weight excluding hydrogens is 270 g/mol. The van der Waals surface area contributed by atoms with E-state index in [4.69, 9.17) is 9.47 Å². The van der Waals surface area contributed by atoms with Gasteiger partial charge in [-0.2, -0.15) is 11.8 Å². The fraction of sp³-hybridized carbons (Fsp3) is 1.00. The molecule has 1 N–H and O–H groups in total. The highest BCUT2D eigenvalue weighted by atomic mass is 32.2. The zero-order valence-electron chi connectivity index (χ0n) is 13.2. The first kappa shape index (κ1) is 16.6. The van der Waals surface area contributed by atoms with E-state index < -0.39 is 0 Å². The lowest BCUT2D eigenvalue weighted by atomic mass is 9.77. The lowest BCUT2D eigenvalue weighted by Gasteiger charge is -2.45. The minimum atomic E-state index is 0.211. The number of rotatable bonds is 7. The summed E-state index contributed by atoms with van der Waals surface area (Å²) in [5.74, 6) is 3.33. The van der Waals surface area contributed by atoms with Crippen LogP contribution in [0.1, 0.15) is 45.4 Å². The molecule has 0 aromatic heterocycles. The van der Waals surface area contributed by atoms with E-state index in [1.54, 1.807) is 0 Å². The smallest absolute Gasteiger partial charge is 0.0701 e. The summed E-state index contributed by atoms with van der Waals surface area (Å²) in [5, 5.41) is 3.55. The number of ether oxygens (including phenoxy) is 2. The van der Waals surface area contributed by atoms with Gasteiger partial charge in [-0.25, -0.2) is 0 Å². The van der Waals surface area contributed by atoms with E-state index >= 15 is 0 Å². The molecule has 0 amide bonds. The lowest BCUT2D eigenvalue weighted by molar-refractivity contribution is -0.107. The number of hydrogen-bond donors (Lipinski definition) is 1. The predicted octanol–water partition coefficient (Wildman–Crippen LogP) is 3.08. The summed E-state index contributed by atoms with van der Waals surface area (Å²) >= 11 is 2.09. The van der Waals surface area contributed by atoms with Gasteiger partial charge in [-0.15, -0.1) is 0 Å². The maximum atomic E-state index is 6.21. The van der Waals surface area contributed by atoms with Crippen molar-refractivity contribution in [2.24, 2.45) is 5.92 Å². The fourth-order valence-electron chi connectivity index (χ4n) is 3.67. The molecule has 4 heteroatoms. The van der Waals surface area contributed by atoms with E-state index in [0.717, 1.165) is 25.7 Å². The summed E-state index contributed by atoms with van der Waals surface area (Å²) in [5.41, 5.74) is 0.211. The van der Waals surface area contributed by atoms with Crippen molar-refractivity contribution in [1.82, 2.24) is 5.32 Å². The molecule has 3 nitrogen and oxygen atoms in total. The van der Waals surface area contributed by atoms with Gasteiger partial charge < -0.3 is 14.8 Å². The van der Waals surface area contributed by atoms with Crippen LogP contribution in [0.2, 0.25) is 0 Å². The Labute approximate surface area is 128 Å². The second-order valence-electron chi connectivity index (χ2n) is 6.13. The molecule has 2 atom stereocenters.